The van der Waals surface area contributed by atoms with Crippen molar-refractivity contribution in [2.75, 3.05) is 19.6 Å². The highest BCUT2D eigenvalue weighted by atomic mass is 16.2. The number of carbonyl (C=O) groups is 1. The van der Waals surface area contributed by atoms with Crippen LogP contribution >= 0.6 is 0 Å². The van der Waals surface area contributed by atoms with Crippen LogP contribution in [0.25, 0.3) is 0 Å². The second-order valence-corrected chi connectivity index (χ2v) is 7.58. The molecule has 0 spiro atoms. The summed E-state index contributed by atoms with van der Waals surface area (Å²) in [6.07, 6.45) is 6.79. The van der Waals surface area contributed by atoms with E-state index >= 15 is 0 Å². The normalized spacial score (nSPS) is 36.4. The van der Waals surface area contributed by atoms with Crippen molar-refractivity contribution < 1.29 is 4.79 Å². The minimum atomic E-state index is 0.367. The van der Waals surface area contributed by atoms with Crippen molar-refractivity contribution in [3.05, 3.63) is 34.9 Å². The molecule has 116 valence electrons. The number of rotatable bonds is 1. The number of aryl methyl sites for hydroxylation is 1. The third kappa shape index (κ3) is 1.81. The largest absolute Gasteiger partial charge is 0.331 e. The number of nitrogens with zero attached hydrogens (tertiary/aromatic N) is 2. The molecular formula is C19H24N2O. The van der Waals surface area contributed by atoms with Crippen LogP contribution in [0.15, 0.2) is 18.2 Å². The number of hydrogen-bond donors (Lipinski definition) is 0. The number of fused-ring (bicyclic) bond motifs is 3. The maximum absolute atomic E-state index is 12.9. The van der Waals surface area contributed by atoms with Crippen molar-refractivity contribution >= 4 is 5.91 Å². The van der Waals surface area contributed by atoms with Gasteiger partial charge in [0.25, 0.3) is 0 Å². The lowest BCUT2D eigenvalue weighted by Gasteiger charge is -2.53. The first kappa shape index (κ1) is 13.1. The number of amides is 1. The lowest BCUT2D eigenvalue weighted by Crippen LogP contribution is -2.60. The molecule has 2 bridgehead atoms. The monoisotopic (exact) mass is 296 g/mol. The van der Waals surface area contributed by atoms with Crippen LogP contribution in [0.4, 0.5) is 0 Å². The van der Waals surface area contributed by atoms with Crippen LogP contribution in [-0.2, 0) is 17.6 Å². The highest BCUT2D eigenvalue weighted by Crippen LogP contribution is 2.44. The van der Waals surface area contributed by atoms with Crippen molar-refractivity contribution in [2.45, 2.75) is 50.6 Å². The Kier molecular flexibility index (Phi) is 2.88. The van der Waals surface area contributed by atoms with Crippen LogP contribution in [0.2, 0.25) is 0 Å². The van der Waals surface area contributed by atoms with Crippen LogP contribution in [0, 0.1) is 5.92 Å². The van der Waals surface area contributed by atoms with Gasteiger partial charge in [-0.15, -0.1) is 0 Å². The van der Waals surface area contributed by atoms with Gasteiger partial charge in [0.05, 0.1) is 12.5 Å². The predicted octanol–water partition coefficient (Wildman–Crippen LogP) is 2.54. The van der Waals surface area contributed by atoms with E-state index in [4.69, 9.17) is 0 Å². The third-order valence-electron chi connectivity index (χ3n) is 6.49. The van der Waals surface area contributed by atoms with E-state index in [0.29, 0.717) is 24.4 Å². The second-order valence-electron chi connectivity index (χ2n) is 7.58. The molecule has 1 amide bonds. The van der Waals surface area contributed by atoms with E-state index in [1.165, 1.54) is 61.9 Å². The van der Waals surface area contributed by atoms with Gasteiger partial charge >= 0.3 is 0 Å². The van der Waals surface area contributed by atoms with Crippen LogP contribution in [0.1, 0.15) is 48.4 Å². The van der Waals surface area contributed by atoms with Gasteiger partial charge in [-0.25, -0.2) is 0 Å². The van der Waals surface area contributed by atoms with Gasteiger partial charge < -0.3 is 9.80 Å². The summed E-state index contributed by atoms with van der Waals surface area (Å²) in [6.45, 7) is 3.61. The fourth-order valence-electron chi connectivity index (χ4n) is 5.47. The van der Waals surface area contributed by atoms with Crippen molar-refractivity contribution in [3.8, 4) is 0 Å². The zero-order valence-electron chi connectivity index (χ0n) is 13.1. The molecule has 2 atom stereocenters. The Hall–Kier alpha value is -1.35. The highest BCUT2D eigenvalue weighted by molar-refractivity contribution is 5.82. The molecule has 0 radical (unpaired) electrons. The van der Waals surface area contributed by atoms with Crippen LogP contribution in [0.5, 0.6) is 0 Å². The first-order valence-electron chi connectivity index (χ1n) is 8.95. The van der Waals surface area contributed by atoms with Gasteiger partial charge in [0.15, 0.2) is 0 Å². The molecule has 4 aliphatic heterocycles. The summed E-state index contributed by atoms with van der Waals surface area (Å²) in [5.41, 5.74) is 4.34. The third-order valence-corrected chi connectivity index (χ3v) is 6.49. The van der Waals surface area contributed by atoms with Crippen molar-refractivity contribution in [1.29, 1.82) is 0 Å². The molecule has 0 unspecified atom stereocenters. The van der Waals surface area contributed by atoms with Gasteiger partial charge in [-0.2, -0.15) is 0 Å². The molecule has 3 heteroatoms. The number of carbonyl (C=O) groups excluding carboxylic acids is 1. The average Bonchev–Trinajstić information content (AvgIpc) is 2.56. The van der Waals surface area contributed by atoms with Crippen molar-refractivity contribution in [1.82, 2.24) is 9.80 Å². The fraction of sp³-hybridized carbons (Fsp3) is 0.632. The Morgan fingerprint density at radius 3 is 2.64 bits per heavy atom. The molecule has 1 aromatic carbocycles. The first-order valence-corrected chi connectivity index (χ1v) is 8.95. The number of hydrogen-bond acceptors (Lipinski definition) is 2. The van der Waals surface area contributed by atoms with Crippen LogP contribution in [-0.4, -0.2) is 41.4 Å². The lowest BCUT2D eigenvalue weighted by atomic mass is 9.76. The maximum atomic E-state index is 12.9. The highest BCUT2D eigenvalue weighted by Gasteiger charge is 2.45. The van der Waals surface area contributed by atoms with Gasteiger partial charge in [-0.05, 0) is 67.8 Å². The Balaban J connectivity index is 1.56. The van der Waals surface area contributed by atoms with E-state index in [0.717, 1.165) is 12.5 Å². The first-order chi connectivity index (χ1) is 10.8. The summed E-state index contributed by atoms with van der Waals surface area (Å²) < 4.78 is 0. The molecule has 5 aliphatic rings. The van der Waals surface area contributed by atoms with E-state index in [1.807, 2.05) is 0 Å². The average molecular weight is 296 g/mol. The molecule has 22 heavy (non-hydrogen) atoms. The molecule has 0 N–H and O–H groups in total. The maximum Gasteiger partial charge on any atom is 0.227 e. The minimum Gasteiger partial charge on any atom is -0.331 e. The summed E-state index contributed by atoms with van der Waals surface area (Å²) in [6, 6.07) is 7.46. The molecule has 3 nitrogen and oxygen atoms in total. The molecule has 4 heterocycles. The molecule has 1 aromatic rings. The second kappa shape index (κ2) is 4.82. The minimum absolute atomic E-state index is 0.367. The van der Waals surface area contributed by atoms with Gasteiger partial charge in [0.1, 0.15) is 0 Å². The molecule has 3 fully saturated rings. The summed E-state index contributed by atoms with van der Waals surface area (Å²) in [5, 5.41) is 0. The summed E-state index contributed by atoms with van der Waals surface area (Å²) in [7, 11) is 0. The van der Waals surface area contributed by atoms with Crippen molar-refractivity contribution in [2.24, 2.45) is 5.92 Å². The Morgan fingerprint density at radius 1 is 1.05 bits per heavy atom. The fourth-order valence-corrected chi connectivity index (χ4v) is 5.47. The molecule has 1 aliphatic carbocycles. The topological polar surface area (TPSA) is 23.6 Å². The SMILES string of the molecule is O=C1Cc2cccc3c2[C@@H](CCC3)N1[C@@H]1CN2CCC1CC2. The Morgan fingerprint density at radius 2 is 1.86 bits per heavy atom. The quantitative estimate of drug-likeness (QED) is 0.795. The lowest BCUT2D eigenvalue weighted by molar-refractivity contribution is -0.143. The van der Waals surface area contributed by atoms with Gasteiger partial charge in [-0.1, -0.05) is 18.2 Å². The summed E-state index contributed by atoms with van der Waals surface area (Å²) in [4.78, 5) is 17.9. The molecule has 0 saturated carbocycles. The van der Waals surface area contributed by atoms with Gasteiger partial charge in [-0.3, -0.25) is 4.79 Å². The molecular weight excluding hydrogens is 272 g/mol. The van der Waals surface area contributed by atoms with E-state index in [1.54, 1.807) is 0 Å². The van der Waals surface area contributed by atoms with Crippen LogP contribution < -0.4 is 0 Å². The Labute approximate surface area is 132 Å². The molecule has 0 aromatic heterocycles. The number of piperidine rings is 3. The van der Waals surface area contributed by atoms with Crippen molar-refractivity contribution in [3.63, 3.8) is 0 Å². The zero-order valence-corrected chi connectivity index (χ0v) is 13.1. The van der Waals surface area contributed by atoms with Gasteiger partial charge in [0, 0.05) is 12.6 Å². The Bertz CT molecular complexity index is 618. The smallest absolute Gasteiger partial charge is 0.227 e. The van der Waals surface area contributed by atoms with E-state index in [9.17, 15) is 4.79 Å². The van der Waals surface area contributed by atoms with Gasteiger partial charge in [0.2, 0.25) is 5.91 Å². The van der Waals surface area contributed by atoms with E-state index in [2.05, 4.69) is 28.0 Å². The summed E-state index contributed by atoms with van der Waals surface area (Å²) in [5.74, 6) is 1.12. The summed E-state index contributed by atoms with van der Waals surface area (Å²) >= 11 is 0. The van der Waals surface area contributed by atoms with E-state index in [-0.39, 0.29) is 0 Å². The molecule has 6 rings (SSSR count). The zero-order chi connectivity index (χ0) is 14.7. The number of benzene rings is 1. The van der Waals surface area contributed by atoms with E-state index < -0.39 is 0 Å². The predicted molar refractivity (Wildman–Crippen MR) is 85.6 cm³/mol. The molecule has 3 saturated heterocycles. The van der Waals surface area contributed by atoms with Crippen LogP contribution in [0.3, 0.4) is 0 Å². The standard InChI is InChI=1S/C19H24N2O/c22-18-11-15-5-1-3-14-4-2-6-16(19(14)15)21(18)17-12-20-9-7-13(17)8-10-20/h1,3,5,13,16-17H,2,4,6-12H2/t16-,17-/m1/s1.